The second-order valence-corrected chi connectivity index (χ2v) is 9.61. The van der Waals surface area contributed by atoms with E-state index in [0.29, 0.717) is 29.8 Å². The van der Waals surface area contributed by atoms with E-state index in [-0.39, 0.29) is 17.2 Å². The molecule has 0 unspecified atom stereocenters. The molecule has 0 bridgehead atoms. The third-order valence-electron chi connectivity index (χ3n) is 6.87. The van der Waals surface area contributed by atoms with Gasteiger partial charge >= 0.3 is 5.97 Å². The number of benzene rings is 2. The number of likely N-dealkylation sites (tertiary alicyclic amines) is 1. The molecule has 1 saturated heterocycles. The second kappa shape index (κ2) is 9.31. The van der Waals surface area contributed by atoms with Gasteiger partial charge in [0, 0.05) is 41.7 Å². The average molecular weight is 482 g/mol. The number of aromatic nitrogens is 2. The number of nitrogens with zero attached hydrogens (tertiary/aromatic N) is 3. The van der Waals surface area contributed by atoms with Gasteiger partial charge in [-0.25, -0.2) is 4.39 Å². The summed E-state index contributed by atoms with van der Waals surface area (Å²) in [6.45, 7) is 1.89. The zero-order valence-electron chi connectivity index (χ0n) is 18.6. The molecule has 1 aliphatic carbocycles. The van der Waals surface area contributed by atoms with Crippen LogP contribution in [-0.4, -0.2) is 39.2 Å². The number of aliphatic carboxylic acids is 1. The van der Waals surface area contributed by atoms with Crippen LogP contribution in [0.4, 0.5) is 4.39 Å². The Labute approximate surface area is 202 Å². The van der Waals surface area contributed by atoms with Crippen LogP contribution >= 0.6 is 11.6 Å². The number of hydrogen-bond donors (Lipinski definition) is 1. The lowest BCUT2D eigenvalue weighted by atomic mass is 9.78. The molecule has 2 aliphatic rings. The maximum Gasteiger partial charge on any atom is 0.309 e. The molecule has 0 radical (unpaired) electrons. The molecule has 6 nitrogen and oxygen atoms in total. The van der Waals surface area contributed by atoms with Crippen molar-refractivity contribution in [1.82, 2.24) is 15.0 Å². The number of halogens is 2. The highest BCUT2D eigenvalue weighted by molar-refractivity contribution is 6.31. The number of carboxylic acids is 1. The Hall–Kier alpha value is -3.03. The lowest BCUT2D eigenvalue weighted by Gasteiger charge is -2.36. The molecule has 0 atom stereocenters. The fourth-order valence-electron chi connectivity index (χ4n) is 4.95. The fourth-order valence-corrected chi connectivity index (χ4v) is 5.30. The lowest BCUT2D eigenvalue weighted by Crippen LogP contribution is -2.49. The highest BCUT2D eigenvalue weighted by atomic mass is 35.5. The summed E-state index contributed by atoms with van der Waals surface area (Å²) in [6.07, 6.45) is 7.92. The van der Waals surface area contributed by atoms with E-state index in [4.69, 9.17) is 21.2 Å². The van der Waals surface area contributed by atoms with Crippen molar-refractivity contribution >= 4 is 23.6 Å². The summed E-state index contributed by atoms with van der Waals surface area (Å²) < 4.78 is 19.0. The van der Waals surface area contributed by atoms with Crippen molar-refractivity contribution in [3.8, 4) is 11.4 Å². The van der Waals surface area contributed by atoms with Crippen LogP contribution < -0.4 is 0 Å². The maximum atomic E-state index is 13.6. The first kappa shape index (κ1) is 22.7. The van der Waals surface area contributed by atoms with Crippen molar-refractivity contribution in [2.24, 2.45) is 5.92 Å². The fraction of sp³-hybridized carbons (Fsp3) is 0.346. The number of carboxylic acid groups (broad SMARTS) is 1. The standard InChI is InChI=1S/C26H25ClFN3O3/c27-22-13-20(28)7-8-21(22)26(10-1-2-11-26)12-9-23-29-24(30-34-23)18-5-3-17(4-6-18)14-31-15-19(16-31)25(32)33/h3-9,12-13,19H,1-2,10-11,14-16H2,(H,32,33)/b12-9+. The Morgan fingerprint density at radius 2 is 1.94 bits per heavy atom. The summed E-state index contributed by atoms with van der Waals surface area (Å²) in [5.74, 6) is -0.418. The zero-order chi connectivity index (χ0) is 23.7. The first-order valence-corrected chi connectivity index (χ1v) is 11.8. The van der Waals surface area contributed by atoms with E-state index in [9.17, 15) is 9.18 Å². The third kappa shape index (κ3) is 4.63. The van der Waals surface area contributed by atoms with Crippen LogP contribution in [0.15, 0.2) is 53.1 Å². The Balaban J connectivity index is 1.27. The quantitative estimate of drug-likeness (QED) is 0.475. The van der Waals surface area contributed by atoms with E-state index in [0.717, 1.165) is 48.9 Å². The first-order valence-electron chi connectivity index (χ1n) is 11.4. The van der Waals surface area contributed by atoms with Crippen LogP contribution in [0, 0.1) is 11.7 Å². The lowest BCUT2D eigenvalue weighted by molar-refractivity contribution is -0.147. The van der Waals surface area contributed by atoms with Gasteiger partial charge in [-0.15, -0.1) is 0 Å². The molecule has 176 valence electrons. The molecule has 5 rings (SSSR count). The topological polar surface area (TPSA) is 79.5 Å². The molecule has 1 aromatic heterocycles. The minimum atomic E-state index is -0.729. The minimum absolute atomic E-state index is 0.257. The van der Waals surface area contributed by atoms with E-state index in [1.165, 1.54) is 12.1 Å². The van der Waals surface area contributed by atoms with E-state index in [2.05, 4.69) is 21.1 Å². The molecule has 2 aromatic carbocycles. The Morgan fingerprint density at radius 1 is 1.21 bits per heavy atom. The molecule has 1 aliphatic heterocycles. The first-order chi connectivity index (χ1) is 16.4. The molecule has 2 heterocycles. The van der Waals surface area contributed by atoms with Crippen molar-refractivity contribution in [2.45, 2.75) is 37.6 Å². The van der Waals surface area contributed by atoms with Crippen molar-refractivity contribution < 1.29 is 18.8 Å². The van der Waals surface area contributed by atoms with Crippen LogP contribution in [0.1, 0.15) is 42.7 Å². The minimum Gasteiger partial charge on any atom is -0.481 e. The number of hydrogen-bond acceptors (Lipinski definition) is 5. The van der Waals surface area contributed by atoms with E-state index in [1.807, 2.05) is 30.3 Å². The smallest absolute Gasteiger partial charge is 0.309 e. The Morgan fingerprint density at radius 3 is 2.62 bits per heavy atom. The molecule has 1 N–H and O–H groups in total. The van der Waals surface area contributed by atoms with Crippen molar-refractivity contribution in [3.63, 3.8) is 0 Å². The van der Waals surface area contributed by atoms with E-state index in [1.54, 1.807) is 6.07 Å². The molecular weight excluding hydrogens is 457 g/mol. The summed E-state index contributed by atoms with van der Waals surface area (Å²) in [4.78, 5) is 17.6. The number of allylic oxidation sites excluding steroid dienone is 1. The van der Waals surface area contributed by atoms with Crippen LogP contribution in [0.2, 0.25) is 5.02 Å². The van der Waals surface area contributed by atoms with Gasteiger partial charge < -0.3 is 9.63 Å². The summed E-state index contributed by atoms with van der Waals surface area (Å²) >= 11 is 6.39. The Kier molecular flexibility index (Phi) is 6.23. The maximum absolute atomic E-state index is 13.6. The molecule has 0 spiro atoms. The van der Waals surface area contributed by atoms with Crippen molar-refractivity contribution in [1.29, 1.82) is 0 Å². The summed E-state index contributed by atoms with van der Waals surface area (Å²) in [6, 6.07) is 12.5. The highest BCUT2D eigenvalue weighted by Gasteiger charge is 2.35. The van der Waals surface area contributed by atoms with Gasteiger partial charge in [-0.05, 0) is 36.1 Å². The molecule has 3 aromatic rings. The zero-order valence-corrected chi connectivity index (χ0v) is 19.3. The largest absolute Gasteiger partial charge is 0.481 e. The predicted molar refractivity (Wildman–Crippen MR) is 127 cm³/mol. The van der Waals surface area contributed by atoms with Gasteiger partial charge in [-0.2, -0.15) is 4.98 Å². The summed E-state index contributed by atoms with van der Waals surface area (Å²) in [5, 5.41) is 13.6. The van der Waals surface area contributed by atoms with Crippen molar-refractivity contribution in [2.75, 3.05) is 13.1 Å². The SMILES string of the molecule is O=C(O)C1CN(Cc2ccc(-c3noc(/C=C/C4(c5ccc(F)cc5Cl)CCCC4)n3)cc2)C1. The number of carbonyl (C=O) groups is 1. The van der Waals surface area contributed by atoms with Crippen LogP contribution in [0.3, 0.4) is 0 Å². The van der Waals surface area contributed by atoms with Gasteiger partial charge in [0.2, 0.25) is 5.82 Å². The monoisotopic (exact) mass is 481 g/mol. The van der Waals surface area contributed by atoms with Gasteiger partial charge in [0.25, 0.3) is 5.89 Å². The molecule has 2 fully saturated rings. The molecule has 1 saturated carbocycles. The average Bonchev–Trinajstić information content (AvgIpc) is 3.45. The second-order valence-electron chi connectivity index (χ2n) is 9.20. The summed E-state index contributed by atoms with van der Waals surface area (Å²) in [7, 11) is 0. The van der Waals surface area contributed by atoms with E-state index >= 15 is 0 Å². The molecule has 8 heteroatoms. The normalized spacial score (nSPS) is 18.4. The van der Waals surface area contributed by atoms with Gasteiger partial charge in [0.1, 0.15) is 5.82 Å². The highest BCUT2D eigenvalue weighted by Crippen LogP contribution is 2.45. The van der Waals surface area contributed by atoms with Gasteiger partial charge in [-0.1, -0.05) is 66.0 Å². The predicted octanol–water partition coefficient (Wildman–Crippen LogP) is 5.57. The van der Waals surface area contributed by atoms with Crippen LogP contribution in [0.25, 0.3) is 17.5 Å². The molecule has 34 heavy (non-hydrogen) atoms. The van der Waals surface area contributed by atoms with Crippen LogP contribution in [0.5, 0.6) is 0 Å². The molecular formula is C26H25ClFN3O3. The van der Waals surface area contributed by atoms with Gasteiger partial charge in [0.05, 0.1) is 5.92 Å². The number of rotatable bonds is 7. The Bertz CT molecular complexity index is 1210. The van der Waals surface area contributed by atoms with Gasteiger partial charge in [0.15, 0.2) is 0 Å². The van der Waals surface area contributed by atoms with Gasteiger partial charge in [-0.3, -0.25) is 9.69 Å². The third-order valence-corrected chi connectivity index (χ3v) is 7.19. The van der Waals surface area contributed by atoms with E-state index < -0.39 is 5.97 Å². The molecule has 0 amide bonds. The van der Waals surface area contributed by atoms with Crippen molar-refractivity contribution in [3.05, 3.63) is 76.4 Å². The summed E-state index contributed by atoms with van der Waals surface area (Å²) in [5.41, 5.74) is 2.61. The van der Waals surface area contributed by atoms with Crippen LogP contribution in [-0.2, 0) is 16.8 Å².